The fourth-order valence-corrected chi connectivity index (χ4v) is 3.25. The van der Waals surface area contributed by atoms with Gasteiger partial charge < -0.3 is 4.74 Å². The lowest BCUT2D eigenvalue weighted by atomic mass is 10.3. The maximum absolute atomic E-state index is 10.9. The van der Waals surface area contributed by atoms with Gasteiger partial charge in [0, 0.05) is 19.2 Å². The van der Waals surface area contributed by atoms with Crippen molar-refractivity contribution in [2.45, 2.75) is 31.0 Å². The van der Waals surface area contributed by atoms with Gasteiger partial charge in [-0.25, -0.2) is 4.31 Å². The third-order valence-corrected chi connectivity index (χ3v) is 3.77. The number of morpholine rings is 1. The van der Waals surface area contributed by atoms with Crippen molar-refractivity contribution in [1.82, 2.24) is 4.31 Å². The van der Waals surface area contributed by atoms with E-state index in [1.807, 2.05) is 19.9 Å². The number of nitrogens with zero attached hydrogens (tertiary/aromatic N) is 2. The van der Waals surface area contributed by atoms with Crippen LogP contribution in [0, 0.1) is 10.1 Å². The molecule has 1 aliphatic heterocycles. The summed E-state index contributed by atoms with van der Waals surface area (Å²) in [6, 6.07) is 6.83. The largest absolute Gasteiger partial charge is 0.373 e. The molecule has 1 aliphatic rings. The van der Waals surface area contributed by atoms with Crippen LogP contribution in [0.1, 0.15) is 13.8 Å². The smallest absolute Gasteiger partial charge is 0.284 e. The predicted molar refractivity (Wildman–Crippen MR) is 70.5 cm³/mol. The summed E-state index contributed by atoms with van der Waals surface area (Å²) in [5, 5.41) is 10.9. The van der Waals surface area contributed by atoms with E-state index >= 15 is 0 Å². The molecule has 1 heterocycles. The van der Waals surface area contributed by atoms with E-state index in [-0.39, 0.29) is 22.8 Å². The lowest BCUT2D eigenvalue weighted by Gasteiger charge is -2.34. The van der Waals surface area contributed by atoms with Crippen LogP contribution in [0.4, 0.5) is 5.69 Å². The molecular formula is C12H16N2O3S. The van der Waals surface area contributed by atoms with Gasteiger partial charge in [0.05, 0.1) is 17.1 Å². The summed E-state index contributed by atoms with van der Waals surface area (Å²) in [4.78, 5) is 11.3. The Balaban J connectivity index is 2.11. The van der Waals surface area contributed by atoms with Crippen LogP contribution in [-0.4, -0.2) is 34.5 Å². The van der Waals surface area contributed by atoms with Gasteiger partial charge in [-0.05, 0) is 31.9 Å². The summed E-state index contributed by atoms with van der Waals surface area (Å²) < 4.78 is 7.77. The number of hydrogen-bond acceptors (Lipinski definition) is 5. The van der Waals surface area contributed by atoms with E-state index in [0.717, 1.165) is 13.1 Å². The maximum Gasteiger partial charge on any atom is 0.284 e. The minimum Gasteiger partial charge on any atom is -0.373 e. The summed E-state index contributed by atoms with van der Waals surface area (Å²) in [6.07, 6.45) is 0.313. The summed E-state index contributed by atoms with van der Waals surface area (Å²) in [7, 11) is 0. The Bertz CT molecular complexity index is 431. The highest BCUT2D eigenvalue weighted by molar-refractivity contribution is 7.97. The topological polar surface area (TPSA) is 55.6 Å². The molecule has 0 amide bonds. The Hall–Kier alpha value is -1.11. The second kappa shape index (κ2) is 5.69. The van der Waals surface area contributed by atoms with Gasteiger partial charge in [-0.3, -0.25) is 10.1 Å². The van der Waals surface area contributed by atoms with Gasteiger partial charge in [0.25, 0.3) is 5.69 Å². The minimum absolute atomic E-state index is 0.156. The minimum atomic E-state index is -0.338. The first kappa shape index (κ1) is 13.3. The molecule has 0 radical (unpaired) electrons. The molecule has 1 aromatic rings. The third kappa shape index (κ3) is 3.22. The molecule has 1 saturated heterocycles. The molecule has 6 heteroatoms. The second-order valence-electron chi connectivity index (χ2n) is 4.42. The molecule has 0 bridgehead atoms. The summed E-state index contributed by atoms with van der Waals surface area (Å²) in [6.45, 7) is 5.59. The van der Waals surface area contributed by atoms with Gasteiger partial charge in [-0.15, -0.1) is 0 Å². The van der Waals surface area contributed by atoms with Crippen molar-refractivity contribution in [3.63, 3.8) is 0 Å². The second-order valence-corrected chi connectivity index (χ2v) is 5.56. The molecule has 98 valence electrons. The summed E-state index contributed by atoms with van der Waals surface area (Å²) in [5.41, 5.74) is 0.161. The number of ether oxygens (including phenoxy) is 1. The monoisotopic (exact) mass is 268 g/mol. The molecule has 0 N–H and O–H groups in total. The quantitative estimate of drug-likeness (QED) is 0.479. The normalized spacial score (nSPS) is 25.0. The van der Waals surface area contributed by atoms with Gasteiger partial charge in [-0.2, -0.15) is 0 Å². The van der Waals surface area contributed by atoms with E-state index in [4.69, 9.17) is 4.74 Å². The molecule has 18 heavy (non-hydrogen) atoms. The predicted octanol–water partition coefficient (Wildman–Crippen LogP) is 2.71. The Morgan fingerprint density at radius 3 is 2.56 bits per heavy atom. The Morgan fingerprint density at radius 2 is 1.94 bits per heavy atom. The molecule has 0 aromatic heterocycles. The fraction of sp³-hybridized carbons (Fsp3) is 0.500. The highest BCUT2D eigenvalue weighted by Gasteiger charge is 2.25. The molecule has 0 unspecified atom stereocenters. The van der Waals surface area contributed by atoms with E-state index in [0.29, 0.717) is 4.90 Å². The lowest BCUT2D eigenvalue weighted by Crippen LogP contribution is -2.41. The van der Waals surface area contributed by atoms with Crippen LogP contribution >= 0.6 is 11.9 Å². The van der Waals surface area contributed by atoms with Gasteiger partial charge in [0.15, 0.2) is 0 Å². The first-order valence-electron chi connectivity index (χ1n) is 5.88. The average Bonchev–Trinajstić information content (AvgIpc) is 2.27. The molecule has 2 rings (SSSR count). The van der Waals surface area contributed by atoms with Crippen molar-refractivity contribution in [3.8, 4) is 0 Å². The standard InChI is InChI=1S/C12H16N2O3S/c1-9-7-13(8-10(2)17-9)18-12-6-4-3-5-11(12)14(15)16/h3-6,9-10H,7-8H2,1-2H3/t9-,10+. The van der Waals surface area contributed by atoms with Crippen LogP contribution in [0.3, 0.4) is 0 Å². The van der Waals surface area contributed by atoms with Crippen molar-refractivity contribution >= 4 is 17.6 Å². The first-order valence-corrected chi connectivity index (χ1v) is 6.65. The molecule has 1 fully saturated rings. The van der Waals surface area contributed by atoms with Gasteiger partial charge in [0.1, 0.15) is 4.90 Å². The maximum atomic E-state index is 10.9. The van der Waals surface area contributed by atoms with E-state index in [1.54, 1.807) is 12.1 Å². The number of nitro groups is 1. The van der Waals surface area contributed by atoms with Crippen LogP contribution < -0.4 is 0 Å². The number of benzene rings is 1. The third-order valence-electron chi connectivity index (χ3n) is 2.68. The van der Waals surface area contributed by atoms with Gasteiger partial charge in [0.2, 0.25) is 0 Å². The molecule has 0 saturated carbocycles. The van der Waals surface area contributed by atoms with Crippen molar-refractivity contribution in [1.29, 1.82) is 0 Å². The fourth-order valence-electron chi connectivity index (χ4n) is 2.03. The highest BCUT2D eigenvalue weighted by Crippen LogP contribution is 2.32. The van der Waals surface area contributed by atoms with Crippen LogP contribution in [0.5, 0.6) is 0 Å². The first-order chi connectivity index (χ1) is 8.56. The van der Waals surface area contributed by atoms with Crippen molar-refractivity contribution in [2.24, 2.45) is 0 Å². The number of para-hydroxylation sites is 1. The molecule has 5 nitrogen and oxygen atoms in total. The Kier molecular flexibility index (Phi) is 4.21. The van der Waals surface area contributed by atoms with Crippen molar-refractivity contribution in [3.05, 3.63) is 34.4 Å². The lowest BCUT2D eigenvalue weighted by molar-refractivity contribution is -0.387. The highest BCUT2D eigenvalue weighted by atomic mass is 32.2. The average molecular weight is 268 g/mol. The molecule has 1 aromatic carbocycles. The zero-order valence-corrected chi connectivity index (χ0v) is 11.2. The van der Waals surface area contributed by atoms with E-state index < -0.39 is 0 Å². The SMILES string of the molecule is C[C@@H]1CN(Sc2ccccc2[N+](=O)[O-])C[C@H](C)O1. The van der Waals surface area contributed by atoms with Crippen LogP contribution in [0.2, 0.25) is 0 Å². The molecule has 0 spiro atoms. The van der Waals surface area contributed by atoms with E-state index in [9.17, 15) is 10.1 Å². The van der Waals surface area contributed by atoms with Crippen molar-refractivity contribution < 1.29 is 9.66 Å². The molecular weight excluding hydrogens is 252 g/mol. The Labute approximate surface area is 110 Å². The molecule has 2 atom stereocenters. The van der Waals surface area contributed by atoms with Crippen LogP contribution in [0.25, 0.3) is 0 Å². The summed E-state index contributed by atoms with van der Waals surface area (Å²) >= 11 is 1.44. The van der Waals surface area contributed by atoms with Crippen molar-refractivity contribution in [2.75, 3.05) is 13.1 Å². The number of hydrogen-bond donors (Lipinski definition) is 0. The van der Waals surface area contributed by atoms with Crippen LogP contribution in [-0.2, 0) is 4.74 Å². The van der Waals surface area contributed by atoms with E-state index in [2.05, 4.69) is 4.31 Å². The zero-order chi connectivity index (χ0) is 13.1. The van der Waals surface area contributed by atoms with Gasteiger partial charge >= 0.3 is 0 Å². The molecule has 0 aliphatic carbocycles. The van der Waals surface area contributed by atoms with E-state index in [1.165, 1.54) is 18.0 Å². The zero-order valence-electron chi connectivity index (χ0n) is 10.4. The van der Waals surface area contributed by atoms with Crippen LogP contribution in [0.15, 0.2) is 29.2 Å². The Morgan fingerprint density at radius 1 is 1.33 bits per heavy atom. The van der Waals surface area contributed by atoms with Gasteiger partial charge in [-0.1, -0.05) is 12.1 Å². The summed E-state index contributed by atoms with van der Waals surface area (Å²) in [5.74, 6) is 0. The number of rotatable bonds is 3. The number of nitro benzene ring substituents is 1.